The minimum absolute atomic E-state index is 0.0194. The van der Waals surface area contributed by atoms with Crippen molar-refractivity contribution in [1.29, 1.82) is 0 Å². The summed E-state index contributed by atoms with van der Waals surface area (Å²) in [6.07, 6.45) is -0.0963. The molecule has 4 rings (SSSR count). The summed E-state index contributed by atoms with van der Waals surface area (Å²) in [7, 11) is -4.55. The molecule has 0 saturated carbocycles. The molecule has 5 nitrogen and oxygen atoms in total. The fourth-order valence-electron chi connectivity index (χ4n) is 3.56. The van der Waals surface area contributed by atoms with Crippen LogP contribution >= 0.6 is 30.8 Å². The van der Waals surface area contributed by atoms with Gasteiger partial charge in [0.15, 0.2) is 11.3 Å². The van der Waals surface area contributed by atoms with Crippen LogP contribution in [0.5, 0.6) is 0 Å². The van der Waals surface area contributed by atoms with Gasteiger partial charge in [-0.1, -0.05) is 66.5 Å². The molecule has 10 heteroatoms. The van der Waals surface area contributed by atoms with Crippen LogP contribution in [0.25, 0.3) is 28.3 Å². The Kier molecular flexibility index (Phi) is 7.46. The maximum Gasteiger partial charge on any atom is 0.379 e. The quantitative estimate of drug-likeness (QED) is 0.249. The van der Waals surface area contributed by atoms with Crippen LogP contribution in [0, 0.1) is 11.6 Å². The molecule has 4 aromatic rings. The van der Waals surface area contributed by atoms with Gasteiger partial charge in [0.2, 0.25) is 0 Å². The van der Waals surface area contributed by atoms with Crippen LogP contribution in [0.3, 0.4) is 0 Å². The molecule has 1 aromatic heterocycles. The minimum atomic E-state index is -4.55. The lowest BCUT2D eigenvalue weighted by Crippen LogP contribution is -2.16. The average Bonchev–Trinajstić information content (AvgIpc) is 3.24. The molecule has 2 unspecified atom stereocenters. The second-order valence-corrected chi connectivity index (χ2v) is 10.3. The SMILES string of the molecule is CCC(C)OP(=O)(O)c1nc(-c2ccccc2)n(-c2cccc(Cl)c2F)c1-c1ccc(F)c(Cl)c1. The van der Waals surface area contributed by atoms with Gasteiger partial charge in [0.1, 0.15) is 11.6 Å². The molecule has 35 heavy (non-hydrogen) atoms. The van der Waals surface area contributed by atoms with Crippen LogP contribution in [0.2, 0.25) is 10.0 Å². The predicted molar refractivity (Wildman–Crippen MR) is 135 cm³/mol. The molecule has 2 atom stereocenters. The van der Waals surface area contributed by atoms with Gasteiger partial charge in [-0.3, -0.25) is 9.13 Å². The summed E-state index contributed by atoms with van der Waals surface area (Å²) < 4.78 is 49.8. The molecule has 3 aromatic carbocycles. The van der Waals surface area contributed by atoms with E-state index in [0.717, 1.165) is 6.07 Å². The Labute approximate surface area is 211 Å². The Morgan fingerprint density at radius 1 is 1.03 bits per heavy atom. The van der Waals surface area contributed by atoms with Crippen molar-refractivity contribution in [3.8, 4) is 28.3 Å². The number of aromatic nitrogens is 2. The Morgan fingerprint density at radius 3 is 2.40 bits per heavy atom. The first-order valence-corrected chi connectivity index (χ1v) is 13.1. The molecule has 182 valence electrons. The van der Waals surface area contributed by atoms with Gasteiger partial charge >= 0.3 is 7.60 Å². The van der Waals surface area contributed by atoms with Crippen molar-refractivity contribution in [2.24, 2.45) is 0 Å². The molecule has 0 bridgehead atoms. The van der Waals surface area contributed by atoms with Crippen molar-refractivity contribution < 1.29 is 22.8 Å². The predicted octanol–water partition coefficient (Wildman–Crippen LogP) is 7.42. The maximum absolute atomic E-state index is 15.4. The third kappa shape index (κ3) is 5.06. The van der Waals surface area contributed by atoms with E-state index < -0.39 is 25.3 Å². The molecule has 1 heterocycles. The van der Waals surface area contributed by atoms with Crippen LogP contribution < -0.4 is 5.44 Å². The molecular weight excluding hydrogens is 516 g/mol. The molecule has 0 spiro atoms. The number of nitrogens with zero attached hydrogens (tertiary/aromatic N) is 2. The van der Waals surface area contributed by atoms with Crippen LogP contribution in [0.1, 0.15) is 20.3 Å². The molecular formula is C25H21Cl2F2N2O3P. The fraction of sp³-hybridized carbons (Fsp3) is 0.160. The lowest BCUT2D eigenvalue weighted by Gasteiger charge is -2.18. The van der Waals surface area contributed by atoms with E-state index >= 15 is 4.39 Å². The highest BCUT2D eigenvalue weighted by atomic mass is 35.5. The summed E-state index contributed by atoms with van der Waals surface area (Å²) in [5.41, 5.74) is 0.465. The molecule has 0 fully saturated rings. The Bertz CT molecular complexity index is 1430. The van der Waals surface area contributed by atoms with Crippen molar-refractivity contribution in [2.45, 2.75) is 26.4 Å². The van der Waals surface area contributed by atoms with Gasteiger partial charge in [-0.2, -0.15) is 0 Å². The van der Waals surface area contributed by atoms with Crippen molar-refractivity contribution in [1.82, 2.24) is 9.55 Å². The van der Waals surface area contributed by atoms with E-state index in [1.807, 2.05) is 0 Å². The zero-order valence-corrected chi connectivity index (χ0v) is 21.2. The van der Waals surface area contributed by atoms with Crippen molar-refractivity contribution in [2.75, 3.05) is 0 Å². The van der Waals surface area contributed by atoms with E-state index in [2.05, 4.69) is 4.98 Å². The van der Waals surface area contributed by atoms with Crippen molar-refractivity contribution in [3.63, 3.8) is 0 Å². The molecule has 0 aliphatic rings. The topological polar surface area (TPSA) is 64.3 Å². The summed E-state index contributed by atoms with van der Waals surface area (Å²) in [6.45, 7) is 3.46. The van der Waals surface area contributed by atoms with E-state index in [4.69, 9.17) is 27.7 Å². The molecule has 0 amide bonds. The third-order valence-corrected chi connectivity index (χ3v) is 7.50. The Balaban J connectivity index is 2.15. The van der Waals surface area contributed by atoms with Gasteiger partial charge in [-0.15, -0.1) is 0 Å². The molecule has 0 saturated heterocycles. The first kappa shape index (κ1) is 25.5. The smallest absolute Gasteiger partial charge is 0.320 e. The summed E-state index contributed by atoms with van der Waals surface area (Å²) >= 11 is 12.1. The van der Waals surface area contributed by atoms with E-state index in [-0.39, 0.29) is 38.2 Å². The summed E-state index contributed by atoms with van der Waals surface area (Å²) in [4.78, 5) is 15.5. The molecule has 0 aliphatic heterocycles. The van der Waals surface area contributed by atoms with Crippen LogP contribution in [-0.4, -0.2) is 20.5 Å². The highest BCUT2D eigenvalue weighted by Gasteiger charge is 2.36. The highest BCUT2D eigenvalue weighted by molar-refractivity contribution is 7.61. The number of hydrogen-bond acceptors (Lipinski definition) is 3. The Hall–Kier alpha value is -2.54. The highest BCUT2D eigenvalue weighted by Crippen LogP contribution is 2.47. The maximum atomic E-state index is 15.4. The van der Waals surface area contributed by atoms with Gasteiger partial charge in [0, 0.05) is 11.1 Å². The molecule has 1 N–H and O–H groups in total. The largest absolute Gasteiger partial charge is 0.379 e. The average molecular weight is 537 g/mol. The number of rotatable bonds is 7. The zero-order chi connectivity index (χ0) is 25.3. The second kappa shape index (κ2) is 10.2. The van der Waals surface area contributed by atoms with Gasteiger partial charge < -0.3 is 9.42 Å². The van der Waals surface area contributed by atoms with Crippen LogP contribution in [-0.2, 0) is 9.09 Å². The molecule has 0 aliphatic carbocycles. The first-order chi connectivity index (χ1) is 16.6. The number of halogens is 4. The monoisotopic (exact) mass is 536 g/mol. The van der Waals surface area contributed by atoms with Crippen molar-refractivity contribution >= 4 is 36.2 Å². The Morgan fingerprint density at radius 2 is 1.74 bits per heavy atom. The second-order valence-electron chi connectivity index (χ2n) is 7.86. The molecule has 0 radical (unpaired) electrons. The fourth-order valence-corrected chi connectivity index (χ4v) is 5.36. The lowest BCUT2D eigenvalue weighted by atomic mass is 10.1. The zero-order valence-electron chi connectivity index (χ0n) is 18.8. The number of imidazole rings is 1. The standard InChI is InChI=1S/C25H21Cl2F2N2O3P/c1-3-15(2)34-35(32,33)25-23(17-12-13-20(28)19(27)14-17)31(21-11-7-10-18(26)22(21)29)24(30-25)16-8-5-4-6-9-16/h4-15H,3H2,1-2H3,(H,32,33). The van der Waals surface area contributed by atoms with Gasteiger partial charge in [0.05, 0.1) is 27.5 Å². The van der Waals surface area contributed by atoms with E-state index in [0.29, 0.717) is 12.0 Å². The van der Waals surface area contributed by atoms with Crippen LogP contribution in [0.15, 0.2) is 66.7 Å². The van der Waals surface area contributed by atoms with Gasteiger partial charge in [-0.05, 0) is 43.7 Å². The van der Waals surface area contributed by atoms with Gasteiger partial charge in [0.25, 0.3) is 0 Å². The number of benzene rings is 3. The van der Waals surface area contributed by atoms with Crippen molar-refractivity contribution in [3.05, 3.63) is 88.4 Å². The normalized spacial score (nSPS) is 14.0. The van der Waals surface area contributed by atoms with E-state index in [1.165, 1.54) is 28.8 Å². The van der Waals surface area contributed by atoms with Gasteiger partial charge in [-0.25, -0.2) is 13.8 Å². The number of hydrogen-bond donors (Lipinski definition) is 1. The summed E-state index contributed by atoms with van der Waals surface area (Å²) in [5.74, 6) is -1.28. The summed E-state index contributed by atoms with van der Waals surface area (Å²) in [6, 6.07) is 16.9. The first-order valence-electron chi connectivity index (χ1n) is 10.7. The van der Waals surface area contributed by atoms with E-state index in [1.54, 1.807) is 50.2 Å². The third-order valence-electron chi connectivity index (χ3n) is 5.42. The summed E-state index contributed by atoms with van der Waals surface area (Å²) in [5, 5.41) is -0.368. The van der Waals surface area contributed by atoms with E-state index in [9.17, 15) is 13.8 Å². The van der Waals surface area contributed by atoms with Crippen LogP contribution in [0.4, 0.5) is 8.78 Å². The minimum Gasteiger partial charge on any atom is -0.320 e. The lowest BCUT2D eigenvalue weighted by molar-refractivity contribution is 0.192.